The normalized spacial score (nSPS) is 10.9. The molecule has 0 spiro atoms. The maximum absolute atomic E-state index is 3.53. The van der Waals surface area contributed by atoms with Gasteiger partial charge in [-0.25, -0.2) is 0 Å². The first-order valence-corrected chi connectivity index (χ1v) is 7.30. The fourth-order valence-electron chi connectivity index (χ4n) is 1.65. The van der Waals surface area contributed by atoms with Gasteiger partial charge in [0.15, 0.2) is 0 Å². The van der Waals surface area contributed by atoms with Crippen LogP contribution in [0, 0.1) is 6.92 Å². The minimum atomic E-state index is 1.09. The molecule has 0 saturated heterocycles. The van der Waals surface area contributed by atoms with Gasteiger partial charge < -0.3 is 5.32 Å². The molecule has 86 valence electrons. The van der Waals surface area contributed by atoms with Crippen LogP contribution in [0.2, 0.25) is 0 Å². The van der Waals surface area contributed by atoms with Gasteiger partial charge >= 0.3 is 0 Å². The van der Waals surface area contributed by atoms with Gasteiger partial charge in [-0.15, -0.1) is 11.3 Å². The van der Waals surface area contributed by atoms with Crippen LogP contribution in [-0.2, 0) is 6.42 Å². The Hall–Kier alpha value is 0.140. The summed E-state index contributed by atoms with van der Waals surface area (Å²) in [6.07, 6.45) is 5.19. The van der Waals surface area contributed by atoms with Crippen molar-refractivity contribution in [1.82, 2.24) is 5.32 Å². The zero-order valence-electron chi connectivity index (χ0n) is 9.61. The van der Waals surface area contributed by atoms with E-state index >= 15 is 0 Å². The van der Waals surface area contributed by atoms with Gasteiger partial charge in [0.2, 0.25) is 0 Å². The molecule has 0 unspecified atom stereocenters. The van der Waals surface area contributed by atoms with Crippen LogP contribution in [0.15, 0.2) is 9.85 Å². The smallest absolute Gasteiger partial charge is 0.0704 e. The van der Waals surface area contributed by atoms with Crippen LogP contribution in [0.4, 0.5) is 0 Å². The molecule has 0 aliphatic carbocycles. The van der Waals surface area contributed by atoms with Crippen molar-refractivity contribution in [1.29, 1.82) is 0 Å². The minimum absolute atomic E-state index is 1.09. The average Bonchev–Trinajstić information content (AvgIpc) is 2.51. The molecule has 1 aromatic heterocycles. The average molecular weight is 290 g/mol. The monoisotopic (exact) mass is 289 g/mol. The maximum Gasteiger partial charge on any atom is 0.0704 e. The summed E-state index contributed by atoms with van der Waals surface area (Å²) in [5.41, 5.74) is 1.52. The fraction of sp³-hybridized carbons (Fsp3) is 0.667. The predicted molar refractivity (Wildman–Crippen MR) is 72.9 cm³/mol. The molecule has 0 bridgehead atoms. The van der Waals surface area contributed by atoms with E-state index < -0.39 is 0 Å². The zero-order chi connectivity index (χ0) is 11.1. The van der Waals surface area contributed by atoms with Crippen LogP contribution in [0.3, 0.4) is 0 Å². The van der Waals surface area contributed by atoms with E-state index in [1.54, 1.807) is 0 Å². The van der Waals surface area contributed by atoms with Gasteiger partial charge in [-0.1, -0.05) is 13.3 Å². The van der Waals surface area contributed by atoms with E-state index in [0.29, 0.717) is 0 Å². The number of halogens is 1. The number of hydrogen-bond donors (Lipinski definition) is 1. The van der Waals surface area contributed by atoms with E-state index in [1.165, 1.54) is 46.5 Å². The molecule has 3 heteroatoms. The van der Waals surface area contributed by atoms with Crippen molar-refractivity contribution in [2.24, 2.45) is 0 Å². The SMILES string of the molecule is CCNCCCCCc1cc(Br)sc1C. The van der Waals surface area contributed by atoms with Crippen molar-refractivity contribution >= 4 is 27.3 Å². The van der Waals surface area contributed by atoms with Gasteiger partial charge in [-0.05, 0) is 66.8 Å². The molecule has 0 fully saturated rings. The van der Waals surface area contributed by atoms with Gasteiger partial charge in [0.1, 0.15) is 0 Å². The van der Waals surface area contributed by atoms with Crippen LogP contribution in [0.1, 0.15) is 36.6 Å². The van der Waals surface area contributed by atoms with Gasteiger partial charge in [0.05, 0.1) is 3.79 Å². The topological polar surface area (TPSA) is 12.0 Å². The van der Waals surface area contributed by atoms with Crippen LogP contribution in [0.5, 0.6) is 0 Å². The second-order valence-electron chi connectivity index (χ2n) is 3.80. The van der Waals surface area contributed by atoms with Crippen LogP contribution < -0.4 is 5.32 Å². The number of thiophene rings is 1. The summed E-state index contributed by atoms with van der Waals surface area (Å²) in [4.78, 5) is 1.47. The zero-order valence-corrected chi connectivity index (χ0v) is 12.0. The van der Waals surface area contributed by atoms with Crippen molar-refractivity contribution in [3.8, 4) is 0 Å². The van der Waals surface area contributed by atoms with Crippen LogP contribution in [0.25, 0.3) is 0 Å². The van der Waals surface area contributed by atoms with Crippen molar-refractivity contribution in [3.63, 3.8) is 0 Å². The number of aryl methyl sites for hydroxylation is 2. The summed E-state index contributed by atoms with van der Waals surface area (Å²) in [6.45, 7) is 6.63. The second-order valence-corrected chi connectivity index (χ2v) is 6.43. The lowest BCUT2D eigenvalue weighted by molar-refractivity contribution is 0.616. The van der Waals surface area contributed by atoms with Gasteiger partial charge in [-0.2, -0.15) is 0 Å². The Kier molecular flexibility index (Phi) is 6.53. The van der Waals surface area contributed by atoms with Crippen molar-refractivity contribution in [2.45, 2.75) is 39.5 Å². The number of unbranched alkanes of at least 4 members (excludes halogenated alkanes) is 2. The van der Waals surface area contributed by atoms with Crippen LogP contribution in [-0.4, -0.2) is 13.1 Å². The molecule has 0 aromatic carbocycles. The Bertz CT molecular complexity index is 283. The molecule has 0 radical (unpaired) electrons. The lowest BCUT2D eigenvalue weighted by Crippen LogP contribution is -2.13. The third-order valence-electron chi connectivity index (χ3n) is 2.54. The van der Waals surface area contributed by atoms with Crippen LogP contribution >= 0.6 is 27.3 Å². The number of hydrogen-bond acceptors (Lipinski definition) is 2. The molecule has 0 aliphatic rings. The van der Waals surface area contributed by atoms with E-state index in [9.17, 15) is 0 Å². The van der Waals surface area contributed by atoms with E-state index in [4.69, 9.17) is 0 Å². The molecule has 0 atom stereocenters. The molecule has 0 aliphatic heterocycles. The quantitative estimate of drug-likeness (QED) is 0.744. The molecule has 1 nitrogen and oxygen atoms in total. The highest BCUT2D eigenvalue weighted by atomic mass is 79.9. The largest absolute Gasteiger partial charge is 0.317 e. The molecule has 0 amide bonds. The fourth-order valence-corrected chi connectivity index (χ4v) is 3.44. The summed E-state index contributed by atoms with van der Waals surface area (Å²) >= 11 is 5.38. The Morgan fingerprint density at radius 2 is 2.13 bits per heavy atom. The lowest BCUT2D eigenvalue weighted by atomic mass is 10.1. The lowest BCUT2D eigenvalue weighted by Gasteiger charge is -2.02. The molecule has 1 N–H and O–H groups in total. The standard InChI is InChI=1S/C12H20BrNS/c1-3-14-8-6-4-5-7-11-9-12(13)15-10(11)2/h9,14H,3-8H2,1-2H3. The first-order valence-electron chi connectivity index (χ1n) is 5.69. The first-order chi connectivity index (χ1) is 7.24. The van der Waals surface area contributed by atoms with E-state index in [2.05, 4.69) is 41.2 Å². The molecule has 0 saturated carbocycles. The molecule has 1 rings (SSSR count). The van der Waals surface area contributed by atoms with Crippen molar-refractivity contribution in [2.75, 3.05) is 13.1 Å². The summed E-state index contributed by atoms with van der Waals surface area (Å²) in [5.74, 6) is 0. The summed E-state index contributed by atoms with van der Waals surface area (Å²) in [7, 11) is 0. The summed E-state index contributed by atoms with van der Waals surface area (Å²) in [5, 5.41) is 3.36. The number of nitrogens with one attached hydrogen (secondary N) is 1. The van der Waals surface area contributed by atoms with Gasteiger partial charge in [0, 0.05) is 4.88 Å². The third-order valence-corrected chi connectivity index (χ3v) is 4.14. The molecular formula is C12H20BrNS. The summed E-state index contributed by atoms with van der Waals surface area (Å²) in [6, 6.07) is 2.27. The highest BCUT2D eigenvalue weighted by Crippen LogP contribution is 2.27. The van der Waals surface area contributed by atoms with Gasteiger partial charge in [-0.3, -0.25) is 0 Å². The molecular weight excluding hydrogens is 270 g/mol. The third kappa shape index (κ3) is 5.14. The summed E-state index contributed by atoms with van der Waals surface area (Å²) < 4.78 is 1.27. The number of rotatable bonds is 7. The van der Waals surface area contributed by atoms with Crippen molar-refractivity contribution in [3.05, 3.63) is 20.3 Å². The Balaban J connectivity index is 2.12. The molecule has 15 heavy (non-hydrogen) atoms. The molecule has 1 heterocycles. The first kappa shape index (κ1) is 13.2. The highest BCUT2D eigenvalue weighted by Gasteiger charge is 2.02. The van der Waals surface area contributed by atoms with E-state index in [0.717, 1.165) is 6.54 Å². The highest BCUT2D eigenvalue weighted by molar-refractivity contribution is 9.11. The van der Waals surface area contributed by atoms with Crippen molar-refractivity contribution < 1.29 is 0 Å². The molecule has 1 aromatic rings. The predicted octanol–water partition coefficient (Wildman–Crippen LogP) is 4.14. The minimum Gasteiger partial charge on any atom is -0.317 e. The van der Waals surface area contributed by atoms with E-state index in [1.807, 2.05) is 11.3 Å². The second kappa shape index (κ2) is 7.42. The maximum atomic E-state index is 3.53. The Labute approximate surface area is 105 Å². The van der Waals surface area contributed by atoms with Gasteiger partial charge in [0.25, 0.3) is 0 Å². The Morgan fingerprint density at radius 3 is 2.73 bits per heavy atom. The Morgan fingerprint density at radius 1 is 1.33 bits per heavy atom. The van der Waals surface area contributed by atoms with E-state index in [-0.39, 0.29) is 0 Å².